The second kappa shape index (κ2) is 4.62. The van der Waals surface area contributed by atoms with Crippen LogP contribution < -0.4 is 10.5 Å². The van der Waals surface area contributed by atoms with E-state index in [2.05, 4.69) is 14.7 Å². The molecule has 0 aliphatic rings. The molecule has 0 saturated heterocycles. The molecule has 1 aromatic rings. The Morgan fingerprint density at radius 3 is 2.81 bits per heavy atom. The molecule has 0 aliphatic heterocycles. The number of hydrogen-bond acceptors (Lipinski definition) is 4. The molecule has 0 fully saturated rings. The third-order valence-electron chi connectivity index (χ3n) is 1.85. The van der Waals surface area contributed by atoms with Gasteiger partial charge >= 0.3 is 0 Å². The van der Waals surface area contributed by atoms with Crippen LogP contribution in [0.1, 0.15) is 19.2 Å². The molecule has 7 nitrogen and oxygen atoms in total. The molecule has 1 unspecified atom stereocenters. The number of imidazole rings is 1. The Balaban J connectivity index is 2.76. The minimum absolute atomic E-state index is 0.0143. The van der Waals surface area contributed by atoms with E-state index in [0.29, 0.717) is 5.82 Å². The number of H-pyrrole nitrogens is 1. The number of amidine groups is 1. The van der Waals surface area contributed by atoms with E-state index < -0.39 is 16.1 Å². The fourth-order valence-electron chi connectivity index (χ4n) is 1.23. The van der Waals surface area contributed by atoms with Crippen LogP contribution in [0.5, 0.6) is 0 Å². The van der Waals surface area contributed by atoms with E-state index in [1.807, 2.05) is 0 Å². The Morgan fingerprint density at radius 1 is 1.75 bits per heavy atom. The number of aromatic amines is 1. The first-order valence-corrected chi connectivity index (χ1v) is 6.16. The van der Waals surface area contributed by atoms with Crippen LogP contribution in [0.4, 0.5) is 0 Å². The summed E-state index contributed by atoms with van der Waals surface area (Å²) < 4.78 is 25.9. The number of aromatic nitrogens is 2. The number of nitrogens with zero attached hydrogens (tertiary/aromatic N) is 1. The van der Waals surface area contributed by atoms with Gasteiger partial charge in [0.05, 0.1) is 12.0 Å². The predicted octanol–water partition coefficient (Wildman–Crippen LogP) is -0.289. The number of sulfonamides is 1. The smallest absolute Gasteiger partial charge is 0.257 e. The van der Waals surface area contributed by atoms with Crippen molar-refractivity contribution in [1.82, 2.24) is 14.7 Å². The standard InChI is InChI=1S/C8H15N5O2S/c1-5(3-7(9)10)13-16(14,15)8-4-11-6(2)12-8/h4-5,13H,3H2,1-2H3,(H3,9,10)(H,11,12). The number of hydrogen-bond donors (Lipinski definition) is 4. The highest BCUT2D eigenvalue weighted by Crippen LogP contribution is 2.06. The molecule has 1 atom stereocenters. The van der Waals surface area contributed by atoms with Crippen molar-refractivity contribution in [1.29, 1.82) is 5.41 Å². The summed E-state index contributed by atoms with van der Waals surface area (Å²) in [5.41, 5.74) is 5.18. The van der Waals surface area contributed by atoms with Gasteiger partial charge in [0.25, 0.3) is 10.0 Å². The van der Waals surface area contributed by atoms with Crippen LogP contribution in [0.3, 0.4) is 0 Å². The lowest BCUT2D eigenvalue weighted by molar-refractivity contribution is 0.561. The van der Waals surface area contributed by atoms with Gasteiger partial charge in [-0.2, -0.15) is 0 Å². The summed E-state index contributed by atoms with van der Waals surface area (Å²) >= 11 is 0. The third kappa shape index (κ3) is 3.31. The second-order valence-corrected chi connectivity index (χ2v) is 5.27. The summed E-state index contributed by atoms with van der Waals surface area (Å²) in [4.78, 5) is 6.44. The van der Waals surface area contributed by atoms with Gasteiger partial charge in [-0.3, -0.25) is 5.41 Å². The fourth-order valence-corrected chi connectivity index (χ4v) is 2.45. The van der Waals surface area contributed by atoms with E-state index in [9.17, 15) is 8.42 Å². The first-order chi connectivity index (χ1) is 7.31. The molecule has 1 rings (SSSR count). The maximum absolute atomic E-state index is 11.7. The molecule has 0 bridgehead atoms. The quantitative estimate of drug-likeness (QED) is 0.420. The van der Waals surface area contributed by atoms with Crippen molar-refractivity contribution in [3.8, 4) is 0 Å². The Morgan fingerprint density at radius 2 is 2.38 bits per heavy atom. The Labute approximate surface area is 94.0 Å². The molecule has 1 heterocycles. The van der Waals surface area contributed by atoms with Crippen LogP contribution >= 0.6 is 0 Å². The Hall–Kier alpha value is -1.41. The molecular formula is C8H15N5O2S. The molecule has 90 valence electrons. The molecule has 0 aliphatic carbocycles. The topological polar surface area (TPSA) is 125 Å². The molecule has 1 aromatic heterocycles. The zero-order valence-electron chi connectivity index (χ0n) is 9.11. The Bertz CT molecular complexity index is 478. The summed E-state index contributed by atoms with van der Waals surface area (Å²) in [5.74, 6) is 0.468. The van der Waals surface area contributed by atoms with Gasteiger partial charge in [-0.15, -0.1) is 0 Å². The molecule has 8 heteroatoms. The lowest BCUT2D eigenvalue weighted by Crippen LogP contribution is -2.35. The van der Waals surface area contributed by atoms with Crippen LogP contribution in [0.2, 0.25) is 0 Å². The van der Waals surface area contributed by atoms with Crippen molar-refractivity contribution in [2.45, 2.75) is 31.3 Å². The van der Waals surface area contributed by atoms with E-state index in [1.165, 1.54) is 6.20 Å². The highest BCUT2D eigenvalue weighted by Gasteiger charge is 2.19. The van der Waals surface area contributed by atoms with Crippen LogP contribution in [0.15, 0.2) is 11.2 Å². The molecule has 0 aromatic carbocycles. The molecule has 0 amide bonds. The zero-order chi connectivity index (χ0) is 12.3. The van der Waals surface area contributed by atoms with Gasteiger partial charge < -0.3 is 10.7 Å². The number of nitrogens with two attached hydrogens (primary N) is 1. The van der Waals surface area contributed by atoms with Gasteiger partial charge in [0.2, 0.25) is 0 Å². The molecular weight excluding hydrogens is 230 g/mol. The number of aryl methyl sites for hydroxylation is 1. The van der Waals surface area contributed by atoms with Crippen LogP contribution in [-0.2, 0) is 10.0 Å². The van der Waals surface area contributed by atoms with Crippen LogP contribution in [0.25, 0.3) is 0 Å². The summed E-state index contributed by atoms with van der Waals surface area (Å²) in [6.07, 6.45) is 1.42. The van der Waals surface area contributed by atoms with Crippen molar-refractivity contribution in [2.24, 2.45) is 5.73 Å². The highest BCUT2D eigenvalue weighted by atomic mass is 32.2. The second-order valence-electron chi connectivity index (χ2n) is 3.58. The van der Waals surface area contributed by atoms with Gasteiger partial charge in [0, 0.05) is 12.5 Å². The van der Waals surface area contributed by atoms with E-state index in [0.717, 1.165) is 0 Å². The van der Waals surface area contributed by atoms with E-state index in [4.69, 9.17) is 11.1 Å². The number of rotatable bonds is 5. The van der Waals surface area contributed by atoms with Crippen molar-refractivity contribution in [3.05, 3.63) is 12.0 Å². The van der Waals surface area contributed by atoms with Gasteiger partial charge in [-0.1, -0.05) is 0 Å². The first kappa shape index (κ1) is 12.7. The summed E-state index contributed by atoms with van der Waals surface area (Å²) in [6, 6.07) is -0.425. The molecule has 0 radical (unpaired) electrons. The van der Waals surface area contributed by atoms with E-state index in [1.54, 1.807) is 13.8 Å². The highest BCUT2D eigenvalue weighted by molar-refractivity contribution is 7.89. The van der Waals surface area contributed by atoms with Crippen molar-refractivity contribution in [2.75, 3.05) is 0 Å². The SMILES string of the molecule is Cc1ncc(S(=O)(=O)NC(C)CC(=N)N)[nH]1. The zero-order valence-corrected chi connectivity index (χ0v) is 9.93. The van der Waals surface area contributed by atoms with Gasteiger partial charge in [0.1, 0.15) is 5.82 Å². The van der Waals surface area contributed by atoms with Crippen LogP contribution in [0, 0.1) is 12.3 Å². The molecule has 0 saturated carbocycles. The molecule has 5 N–H and O–H groups in total. The maximum Gasteiger partial charge on any atom is 0.257 e. The number of nitrogens with one attached hydrogen (secondary N) is 3. The monoisotopic (exact) mass is 245 g/mol. The van der Waals surface area contributed by atoms with Gasteiger partial charge in [-0.25, -0.2) is 18.1 Å². The van der Waals surface area contributed by atoms with Crippen molar-refractivity contribution >= 4 is 15.9 Å². The minimum atomic E-state index is -3.60. The lowest BCUT2D eigenvalue weighted by Gasteiger charge is -2.11. The fraction of sp³-hybridized carbons (Fsp3) is 0.500. The summed E-state index contributed by atoms with van der Waals surface area (Å²) in [5, 5.41) is 7.08. The summed E-state index contributed by atoms with van der Waals surface area (Å²) in [6.45, 7) is 3.31. The van der Waals surface area contributed by atoms with Crippen molar-refractivity contribution in [3.63, 3.8) is 0 Å². The first-order valence-electron chi connectivity index (χ1n) is 4.68. The predicted molar refractivity (Wildman–Crippen MR) is 59.6 cm³/mol. The Kier molecular flexibility index (Phi) is 3.66. The average Bonchev–Trinajstić information content (AvgIpc) is 2.49. The van der Waals surface area contributed by atoms with E-state index in [-0.39, 0.29) is 17.3 Å². The minimum Gasteiger partial charge on any atom is -0.388 e. The van der Waals surface area contributed by atoms with Gasteiger partial charge in [-0.05, 0) is 13.8 Å². The normalized spacial score (nSPS) is 13.6. The molecule has 0 spiro atoms. The maximum atomic E-state index is 11.7. The van der Waals surface area contributed by atoms with Crippen molar-refractivity contribution < 1.29 is 8.42 Å². The van der Waals surface area contributed by atoms with Crippen LogP contribution in [-0.4, -0.2) is 30.3 Å². The largest absolute Gasteiger partial charge is 0.388 e. The van der Waals surface area contributed by atoms with Gasteiger partial charge in [0.15, 0.2) is 5.03 Å². The lowest BCUT2D eigenvalue weighted by atomic mass is 10.2. The molecule has 16 heavy (non-hydrogen) atoms. The summed E-state index contributed by atoms with van der Waals surface area (Å²) in [7, 11) is -3.60. The van der Waals surface area contributed by atoms with E-state index >= 15 is 0 Å². The average molecular weight is 245 g/mol. The third-order valence-corrected chi connectivity index (χ3v) is 3.35.